The fourth-order valence-electron chi connectivity index (χ4n) is 0.644. The molecule has 1 atom stereocenters. The summed E-state index contributed by atoms with van der Waals surface area (Å²) < 4.78 is 25.6. The number of hydrogen-bond donors (Lipinski definition) is 2. The molecule has 1 aromatic heterocycles. The van der Waals surface area contributed by atoms with Crippen molar-refractivity contribution >= 4 is 48.4 Å². The maximum Gasteiger partial charge on any atom is 0.323 e. The van der Waals surface area contributed by atoms with Crippen LogP contribution in [0.15, 0.2) is 9.98 Å². The summed E-state index contributed by atoms with van der Waals surface area (Å²) in [6.07, 6.45) is 1.42. The molecule has 1 rings (SSSR count). The van der Waals surface area contributed by atoms with Crippen LogP contribution in [-0.4, -0.2) is 29.7 Å². The Morgan fingerprint density at radius 3 is 2.73 bits per heavy atom. The molecule has 0 aromatic carbocycles. The smallest absolute Gasteiger partial charge is 0.323 e. The Kier molecular flexibility index (Phi) is 3.68. The first-order valence-corrected chi connectivity index (χ1v) is 6.84. The van der Waals surface area contributed by atoms with Crippen molar-refractivity contribution in [2.45, 2.75) is 12.2 Å². The molecule has 0 saturated carbocycles. The number of carbonyl (C=O) groups is 1. The van der Waals surface area contributed by atoms with Crippen LogP contribution in [0, 0.1) is 0 Å². The standard InChI is InChI=1S/C6H7BrN2O4S2/c1-3(5(10)11)15(12,13)9-6-8-2-4(7)14-6/h2-3H,1H3,(H,8,9)(H,10,11). The van der Waals surface area contributed by atoms with Crippen LogP contribution >= 0.6 is 27.3 Å². The van der Waals surface area contributed by atoms with Gasteiger partial charge in [0, 0.05) is 0 Å². The van der Waals surface area contributed by atoms with Crippen molar-refractivity contribution in [3.8, 4) is 0 Å². The molecule has 6 nitrogen and oxygen atoms in total. The second-order valence-corrected chi connectivity index (χ2v) is 7.01. The topological polar surface area (TPSA) is 96.4 Å². The Morgan fingerprint density at radius 1 is 1.73 bits per heavy atom. The first kappa shape index (κ1) is 12.4. The van der Waals surface area contributed by atoms with Crippen molar-refractivity contribution < 1.29 is 18.3 Å². The Hall–Kier alpha value is -0.670. The van der Waals surface area contributed by atoms with E-state index in [0.29, 0.717) is 3.79 Å². The van der Waals surface area contributed by atoms with Crippen LogP contribution in [0.1, 0.15) is 6.92 Å². The maximum absolute atomic E-state index is 11.4. The minimum absolute atomic E-state index is 0.134. The highest BCUT2D eigenvalue weighted by Gasteiger charge is 2.28. The van der Waals surface area contributed by atoms with Crippen molar-refractivity contribution in [2.75, 3.05) is 4.72 Å². The van der Waals surface area contributed by atoms with E-state index in [1.165, 1.54) is 6.20 Å². The van der Waals surface area contributed by atoms with Crippen molar-refractivity contribution in [3.63, 3.8) is 0 Å². The van der Waals surface area contributed by atoms with E-state index in [4.69, 9.17) is 5.11 Å². The van der Waals surface area contributed by atoms with Crippen LogP contribution in [-0.2, 0) is 14.8 Å². The quantitative estimate of drug-likeness (QED) is 0.868. The molecule has 1 heterocycles. The zero-order valence-electron chi connectivity index (χ0n) is 7.47. The van der Waals surface area contributed by atoms with Crippen molar-refractivity contribution in [3.05, 3.63) is 9.98 Å². The van der Waals surface area contributed by atoms with Gasteiger partial charge in [0.05, 0.1) is 9.98 Å². The van der Waals surface area contributed by atoms with Gasteiger partial charge in [0.2, 0.25) is 10.0 Å². The number of aromatic nitrogens is 1. The number of hydrogen-bond acceptors (Lipinski definition) is 5. The van der Waals surface area contributed by atoms with Gasteiger partial charge in [-0.15, -0.1) is 0 Å². The Balaban J connectivity index is 2.86. The molecule has 0 amide bonds. The molecule has 1 unspecified atom stereocenters. The number of carboxylic acids is 1. The van der Waals surface area contributed by atoms with Gasteiger partial charge in [-0.05, 0) is 22.9 Å². The highest BCUT2D eigenvalue weighted by molar-refractivity contribution is 9.11. The number of anilines is 1. The van der Waals surface area contributed by atoms with E-state index in [0.717, 1.165) is 18.3 Å². The molecule has 0 spiro atoms. The summed E-state index contributed by atoms with van der Waals surface area (Å²) in [5, 5.41) is 7.18. The summed E-state index contributed by atoms with van der Waals surface area (Å²) in [5.74, 6) is -1.40. The predicted molar refractivity (Wildman–Crippen MR) is 59.5 cm³/mol. The molecule has 15 heavy (non-hydrogen) atoms. The Morgan fingerprint density at radius 2 is 2.33 bits per heavy atom. The van der Waals surface area contributed by atoms with E-state index in [2.05, 4.69) is 25.6 Å². The zero-order chi connectivity index (χ0) is 11.6. The summed E-state index contributed by atoms with van der Waals surface area (Å²) in [5.41, 5.74) is 0. The third-order valence-electron chi connectivity index (χ3n) is 1.52. The van der Waals surface area contributed by atoms with Gasteiger partial charge in [-0.1, -0.05) is 11.3 Å². The maximum atomic E-state index is 11.4. The number of aliphatic carboxylic acids is 1. The highest BCUT2D eigenvalue weighted by atomic mass is 79.9. The normalized spacial score (nSPS) is 13.5. The molecule has 1 aromatic rings. The van der Waals surface area contributed by atoms with E-state index < -0.39 is 21.2 Å². The molecule has 0 aliphatic rings. The lowest BCUT2D eigenvalue weighted by atomic mass is 10.5. The lowest BCUT2D eigenvalue weighted by molar-refractivity contribution is -0.136. The summed E-state index contributed by atoms with van der Waals surface area (Å²) >= 11 is 4.18. The summed E-state index contributed by atoms with van der Waals surface area (Å²) in [6.45, 7) is 1.09. The van der Waals surface area contributed by atoms with Crippen molar-refractivity contribution in [2.24, 2.45) is 0 Å². The lowest BCUT2D eigenvalue weighted by Crippen LogP contribution is -2.31. The molecule has 84 valence electrons. The first-order valence-electron chi connectivity index (χ1n) is 3.68. The predicted octanol–water partition coefficient (Wildman–Crippen LogP) is 1.12. The minimum atomic E-state index is -3.92. The minimum Gasteiger partial charge on any atom is -0.480 e. The molecular formula is C6H7BrN2O4S2. The Labute approximate surface area is 98.5 Å². The van der Waals surface area contributed by atoms with Crippen molar-refractivity contribution in [1.82, 2.24) is 4.98 Å². The van der Waals surface area contributed by atoms with Gasteiger partial charge in [-0.3, -0.25) is 9.52 Å². The molecule has 9 heteroatoms. The monoisotopic (exact) mass is 314 g/mol. The van der Waals surface area contributed by atoms with E-state index in [9.17, 15) is 13.2 Å². The largest absolute Gasteiger partial charge is 0.480 e. The number of rotatable bonds is 4. The summed E-state index contributed by atoms with van der Waals surface area (Å²) in [4.78, 5) is 14.2. The second kappa shape index (κ2) is 4.45. The van der Waals surface area contributed by atoms with E-state index in [1.807, 2.05) is 0 Å². The Bertz CT molecular complexity index is 469. The number of halogens is 1. The van der Waals surface area contributed by atoms with Gasteiger partial charge in [-0.25, -0.2) is 13.4 Å². The summed E-state index contributed by atoms with van der Waals surface area (Å²) in [7, 11) is -3.92. The number of nitrogens with one attached hydrogen (secondary N) is 1. The molecular weight excluding hydrogens is 308 g/mol. The molecule has 0 fully saturated rings. The van der Waals surface area contributed by atoms with Gasteiger partial charge in [0.25, 0.3) is 0 Å². The van der Waals surface area contributed by atoms with Gasteiger partial charge in [0.15, 0.2) is 10.4 Å². The fraction of sp³-hybridized carbons (Fsp3) is 0.333. The number of thiazole rings is 1. The SMILES string of the molecule is CC(C(=O)O)S(=O)(=O)Nc1ncc(Br)s1. The van der Waals surface area contributed by atoms with E-state index in [-0.39, 0.29) is 5.13 Å². The first-order chi connectivity index (χ1) is 6.83. The van der Waals surface area contributed by atoms with Gasteiger partial charge >= 0.3 is 5.97 Å². The number of carboxylic acid groups (broad SMARTS) is 1. The van der Waals surface area contributed by atoms with Crippen LogP contribution in [0.5, 0.6) is 0 Å². The van der Waals surface area contributed by atoms with E-state index >= 15 is 0 Å². The number of sulfonamides is 1. The van der Waals surface area contributed by atoms with Crippen LogP contribution in [0.25, 0.3) is 0 Å². The summed E-state index contributed by atoms with van der Waals surface area (Å²) in [6, 6.07) is 0. The average Bonchev–Trinajstić information content (AvgIpc) is 2.48. The molecule has 2 N–H and O–H groups in total. The van der Waals surface area contributed by atoms with E-state index in [1.54, 1.807) is 0 Å². The lowest BCUT2D eigenvalue weighted by Gasteiger charge is -2.08. The third kappa shape index (κ3) is 3.14. The fourth-order valence-corrected chi connectivity index (χ4v) is 2.86. The van der Waals surface area contributed by atoms with Gasteiger partial charge < -0.3 is 5.11 Å². The van der Waals surface area contributed by atoms with Crippen LogP contribution < -0.4 is 4.72 Å². The molecule has 0 radical (unpaired) electrons. The second-order valence-electron chi connectivity index (χ2n) is 2.60. The molecule has 0 saturated heterocycles. The van der Waals surface area contributed by atoms with Crippen LogP contribution in [0.4, 0.5) is 5.13 Å². The molecule has 0 aliphatic heterocycles. The molecule has 0 aliphatic carbocycles. The van der Waals surface area contributed by atoms with Gasteiger partial charge in [0.1, 0.15) is 0 Å². The zero-order valence-corrected chi connectivity index (χ0v) is 10.7. The van der Waals surface area contributed by atoms with Crippen LogP contribution in [0.3, 0.4) is 0 Å². The highest BCUT2D eigenvalue weighted by Crippen LogP contribution is 2.24. The van der Waals surface area contributed by atoms with Crippen LogP contribution in [0.2, 0.25) is 0 Å². The average molecular weight is 315 g/mol. The number of nitrogens with zero attached hydrogens (tertiary/aromatic N) is 1. The third-order valence-corrected chi connectivity index (χ3v) is 4.65. The molecule has 0 bridgehead atoms. The van der Waals surface area contributed by atoms with Crippen molar-refractivity contribution in [1.29, 1.82) is 0 Å². The van der Waals surface area contributed by atoms with Gasteiger partial charge in [-0.2, -0.15) is 0 Å².